The van der Waals surface area contributed by atoms with Crippen LogP contribution in [0.25, 0.3) is 0 Å². The van der Waals surface area contributed by atoms with E-state index < -0.39 is 5.97 Å². The number of hydrogen-bond donors (Lipinski definition) is 1. The van der Waals surface area contributed by atoms with E-state index in [1.807, 2.05) is 18.9 Å². The molecule has 6 nitrogen and oxygen atoms in total. The molecular formula is C19H32N2O4S. The third kappa shape index (κ3) is 6.36. The van der Waals surface area contributed by atoms with Crippen LogP contribution in [-0.2, 0) is 9.53 Å². The summed E-state index contributed by atoms with van der Waals surface area (Å²) >= 11 is 1.29. The number of rotatable bonds is 11. The average Bonchev–Trinajstić information content (AvgIpc) is 3.07. The maximum atomic E-state index is 12.6. The lowest BCUT2D eigenvalue weighted by Gasteiger charge is -2.34. The summed E-state index contributed by atoms with van der Waals surface area (Å²) in [7, 11) is 1.85. The van der Waals surface area contributed by atoms with Crippen LogP contribution in [0.1, 0.15) is 75.5 Å². The van der Waals surface area contributed by atoms with E-state index in [0.29, 0.717) is 30.4 Å². The second-order valence-corrected chi connectivity index (χ2v) is 7.98. The molecule has 1 N–H and O–H groups in total. The Labute approximate surface area is 160 Å². The number of carboxylic acid groups (broad SMARTS) is 1. The van der Waals surface area contributed by atoms with Gasteiger partial charge in [-0.15, -0.1) is 11.3 Å². The average molecular weight is 385 g/mol. The van der Waals surface area contributed by atoms with E-state index in [1.165, 1.54) is 16.7 Å². The van der Waals surface area contributed by atoms with Crippen LogP contribution in [0, 0.1) is 11.8 Å². The molecule has 26 heavy (non-hydrogen) atoms. The lowest BCUT2D eigenvalue weighted by atomic mass is 9.95. The number of ether oxygens (including phenoxy) is 1. The molecular weight excluding hydrogens is 352 g/mol. The maximum absolute atomic E-state index is 12.6. The highest BCUT2D eigenvalue weighted by Crippen LogP contribution is 2.30. The van der Waals surface area contributed by atoms with Gasteiger partial charge in [-0.05, 0) is 18.8 Å². The van der Waals surface area contributed by atoms with Crippen molar-refractivity contribution in [1.82, 2.24) is 9.88 Å². The van der Waals surface area contributed by atoms with Gasteiger partial charge in [-0.1, -0.05) is 34.1 Å². The number of aromatic carboxylic acids is 1. The van der Waals surface area contributed by atoms with E-state index in [0.717, 1.165) is 6.42 Å². The number of carbonyl (C=O) groups excluding carboxylic acids is 1. The van der Waals surface area contributed by atoms with Gasteiger partial charge in [-0.3, -0.25) is 4.79 Å². The quantitative estimate of drug-likeness (QED) is 0.617. The zero-order valence-electron chi connectivity index (χ0n) is 16.7. The first-order valence-electron chi connectivity index (χ1n) is 9.27. The molecule has 0 aliphatic rings. The Hall–Kier alpha value is -1.47. The molecule has 0 saturated heterocycles. The van der Waals surface area contributed by atoms with Gasteiger partial charge >= 0.3 is 5.97 Å². The molecule has 0 aliphatic heterocycles. The first-order valence-corrected chi connectivity index (χ1v) is 10.1. The Balaban J connectivity index is 2.95. The molecule has 1 aromatic rings. The number of carbonyl (C=O) groups is 2. The minimum atomic E-state index is -1.04. The molecule has 7 heteroatoms. The number of carboxylic acids is 1. The normalized spacial score (nSPS) is 14.9. The fourth-order valence-electron chi connectivity index (χ4n) is 2.84. The van der Waals surface area contributed by atoms with Crippen molar-refractivity contribution in [3.8, 4) is 0 Å². The fourth-order valence-corrected chi connectivity index (χ4v) is 3.70. The standard InChI is InChI=1S/C19H32N2O4S/c1-7-13(5)9-17(22)21(6)15(12(3)4)10-16(25-8-2)18-20-14(11-26-18)19(23)24/h11-13,15-16H,7-10H2,1-6H3,(H,23,24)/t13-,15?,16+/m0/s1. The predicted molar refractivity (Wildman–Crippen MR) is 104 cm³/mol. The molecule has 0 aromatic carbocycles. The Kier molecular flexibility index (Phi) is 9.22. The molecule has 148 valence electrons. The molecule has 0 radical (unpaired) electrons. The lowest BCUT2D eigenvalue weighted by Crippen LogP contribution is -2.42. The van der Waals surface area contributed by atoms with Crippen LogP contribution in [0.2, 0.25) is 0 Å². The summed E-state index contributed by atoms with van der Waals surface area (Å²) < 4.78 is 5.85. The van der Waals surface area contributed by atoms with E-state index in [9.17, 15) is 9.59 Å². The van der Waals surface area contributed by atoms with Gasteiger partial charge in [0.05, 0.1) is 0 Å². The van der Waals surface area contributed by atoms with Gasteiger partial charge in [0, 0.05) is 37.9 Å². The van der Waals surface area contributed by atoms with Crippen molar-refractivity contribution < 1.29 is 19.4 Å². The van der Waals surface area contributed by atoms with Crippen molar-refractivity contribution in [2.24, 2.45) is 11.8 Å². The number of amides is 1. The summed E-state index contributed by atoms with van der Waals surface area (Å²) in [5.74, 6) is -0.289. The largest absolute Gasteiger partial charge is 0.476 e. The number of hydrogen-bond acceptors (Lipinski definition) is 5. The number of nitrogens with zero attached hydrogens (tertiary/aromatic N) is 2. The second-order valence-electron chi connectivity index (χ2n) is 7.09. The summed E-state index contributed by atoms with van der Waals surface area (Å²) in [4.78, 5) is 29.8. The van der Waals surface area contributed by atoms with Crippen LogP contribution in [0.5, 0.6) is 0 Å². The zero-order valence-corrected chi connectivity index (χ0v) is 17.5. The van der Waals surface area contributed by atoms with Crippen molar-refractivity contribution in [1.29, 1.82) is 0 Å². The summed E-state index contributed by atoms with van der Waals surface area (Å²) in [6.45, 7) is 10.8. The number of aromatic nitrogens is 1. The molecule has 1 amide bonds. The van der Waals surface area contributed by atoms with E-state index in [1.54, 1.807) is 0 Å². The molecule has 1 aromatic heterocycles. The zero-order chi connectivity index (χ0) is 19.9. The van der Waals surface area contributed by atoms with Crippen molar-refractivity contribution >= 4 is 23.2 Å². The summed E-state index contributed by atoms with van der Waals surface area (Å²) in [6.07, 6.45) is 1.80. The van der Waals surface area contributed by atoms with Gasteiger partial charge < -0.3 is 14.7 Å². The fraction of sp³-hybridized carbons (Fsp3) is 0.737. The van der Waals surface area contributed by atoms with E-state index in [2.05, 4.69) is 32.7 Å². The van der Waals surface area contributed by atoms with Crippen LogP contribution in [0.15, 0.2) is 5.38 Å². The van der Waals surface area contributed by atoms with Crippen LogP contribution < -0.4 is 0 Å². The van der Waals surface area contributed by atoms with Crippen molar-refractivity contribution in [3.63, 3.8) is 0 Å². The van der Waals surface area contributed by atoms with Gasteiger partial charge in [0.25, 0.3) is 0 Å². The summed E-state index contributed by atoms with van der Waals surface area (Å²) in [6, 6.07) is 0.000263. The van der Waals surface area contributed by atoms with Gasteiger partial charge in [0.1, 0.15) is 11.1 Å². The van der Waals surface area contributed by atoms with Crippen molar-refractivity contribution in [2.45, 2.75) is 66.0 Å². The Morgan fingerprint density at radius 2 is 1.96 bits per heavy atom. The van der Waals surface area contributed by atoms with E-state index >= 15 is 0 Å². The van der Waals surface area contributed by atoms with Crippen LogP contribution >= 0.6 is 11.3 Å². The number of thiazole rings is 1. The van der Waals surface area contributed by atoms with Gasteiger partial charge in [-0.2, -0.15) is 0 Å². The first-order chi connectivity index (χ1) is 12.2. The molecule has 0 bridgehead atoms. The molecule has 0 saturated carbocycles. The van der Waals surface area contributed by atoms with Crippen LogP contribution in [0.4, 0.5) is 0 Å². The van der Waals surface area contributed by atoms with E-state index in [-0.39, 0.29) is 29.7 Å². The third-order valence-corrected chi connectivity index (χ3v) is 5.66. The minimum Gasteiger partial charge on any atom is -0.476 e. The molecule has 1 unspecified atom stereocenters. The summed E-state index contributed by atoms with van der Waals surface area (Å²) in [5.41, 5.74) is 0.0389. The molecule has 0 spiro atoms. The highest BCUT2D eigenvalue weighted by atomic mass is 32.1. The SMILES string of the molecule is CCO[C@H](CC(C(C)C)N(C)C(=O)C[C@@H](C)CC)c1nc(C(=O)O)cs1. The third-order valence-electron chi connectivity index (χ3n) is 4.72. The van der Waals surface area contributed by atoms with Gasteiger partial charge in [-0.25, -0.2) is 9.78 Å². The predicted octanol–water partition coefficient (Wildman–Crippen LogP) is 4.23. The Bertz CT molecular complexity index is 588. The Morgan fingerprint density at radius 3 is 2.42 bits per heavy atom. The van der Waals surface area contributed by atoms with Crippen LogP contribution in [-0.4, -0.2) is 46.6 Å². The lowest BCUT2D eigenvalue weighted by molar-refractivity contribution is -0.134. The van der Waals surface area contributed by atoms with Crippen molar-refractivity contribution in [3.05, 3.63) is 16.1 Å². The topological polar surface area (TPSA) is 79.7 Å². The molecule has 1 heterocycles. The molecule has 0 aliphatic carbocycles. The smallest absolute Gasteiger partial charge is 0.355 e. The molecule has 1 rings (SSSR count). The van der Waals surface area contributed by atoms with Crippen molar-refractivity contribution in [2.75, 3.05) is 13.7 Å². The van der Waals surface area contributed by atoms with Gasteiger partial charge in [0.2, 0.25) is 5.91 Å². The first kappa shape index (κ1) is 22.6. The maximum Gasteiger partial charge on any atom is 0.355 e. The molecule has 3 atom stereocenters. The highest BCUT2D eigenvalue weighted by Gasteiger charge is 2.29. The Morgan fingerprint density at radius 1 is 1.31 bits per heavy atom. The monoisotopic (exact) mass is 384 g/mol. The van der Waals surface area contributed by atoms with E-state index in [4.69, 9.17) is 9.84 Å². The van der Waals surface area contributed by atoms with Crippen LogP contribution in [0.3, 0.4) is 0 Å². The highest BCUT2D eigenvalue weighted by molar-refractivity contribution is 7.09. The van der Waals surface area contributed by atoms with Gasteiger partial charge in [0.15, 0.2) is 5.69 Å². The minimum absolute atomic E-state index is 0.000263. The second kappa shape index (κ2) is 10.6. The summed E-state index contributed by atoms with van der Waals surface area (Å²) in [5, 5.41) is 11.3. The molecule has 0 fully saturated rings.